The molecular formula is C13H17N3. The zero-order chi connectivity index (χ0) is 11.7. The van der Waals surface area contributed by atoms with Crippen LogP contribution in [-0.2, 0) is 13.5 Å². The molecule has 84 valence electrons. The average molecular weight is 215 g/mol. The predicted octanol–water partition coefficient (Wildman–Crippen LogP) is 2.54. The molecule has 0 amide bonds. The van der Waals surface area contributed by atoms with Crippen LogP contribution in [-0.4, -0.2) is 9.78 Å². The summed E-state index contributed by atoms with van der Waals surface area (Å²) >= 11 is 0. The van der Waals surface area contributed by atoms with Crippen molar-refractivity contribution in [1.29, 1.82) is 0 Å². The highest BCUT2D eigenvalue weighted by molar-refractivity contribution is 5.69. The Kier molecular flexibility index (Phi) is 2.69. The molecule has 0 radical (unpaired) electrons. The second-order valence-electron chi connectivity index (χ2n) is 4.09. The quantitative estimate of drug-likeness (QED) is 0.782. The Hall–Kier alpha value is -1.77. The predicted molar refractivity (Wildman–Crippen MR) is 67.2 cm³/mol. The smallest absolute Gasteiger partial charge is 0.0700 e. The molecule has 2 aromatic rings. The van der Waals surface area contributed by atoms with Gasteiger partial charge < -0.3 is 5.73 Å². The standard InChI is InChI=1S/C13H17N3/c1-4-13-11(8-16(3)15-13)10-5-6-12(14)9(2)7-10/h5-8H,4,14H2,1-3H3. The molecule has 0 unspecified atom stereocenters. The van der Waals surface area contributed by atoms with E-state index in [9.17, 15) is 0 Å². The second kappa shape index (κ2) is 4.00. The lowest BCUT2D eigenvalue weighted by molar-refractivity contribution is 0.746. The van der Waals surface area contributed by atoms with Crippen molar-refractivity contribution in [3.8, 4) is 11.1 Å². The van der Waals surface area contributed by atoms with Gasteiger partial charge in [-0.2, -0.15) is 5.10 Å². The van der Waals surface area contributed by atoms with Crippen molar-refractivity contribution in [2.75, 3.05) is 5.73 Å². The fraction of sp³-hybridized carbons (Fsp3) is 0.308. The first-order chi connectivity index (χ1) is 7.61. The van der Waals surface area contributed by atoms with Gasteiger partial charge in [-0.15, -0.1) is 0 Å². The topological polar surface area (TPSA) is 43.8 Å². The molecule has 0 saturated carbocycles. The van der Waals surface area contributed by atoms with Crippen LogP contribution in [0, 0.1) is 6.92 Å². The minimum absolute atomic E-state index is 0.839. The van der Waals surface area contributed by atoms with Gasteiger partial charge in [-0.05, 0) is 36.6 Å². The monoisotopic (exact) mass is 215 g/mol. The first-order valence-electron chi connectivity index (χ1n) is 5.51. The number of nitrogen functional groups attached to an aromatic ring is 1. The summed E-state index contributed by atoms with van der Waals surface area (Å²) in [5.41, 5.74) is 11.3. The van der Waals surface area contributed by atoms with Gasteiger partial charge in [0.15, 0.2) is 0 Å². The first-order valence-corrected chi connectivity index (χ1v) is 5.51. The van der Waals surface area contributed by atoms with Crippen molar-refractivity contribution in [3.05, 3.63) is 35.7 Å². The van der Waals surface area contributed by atoms with Crippen LogP contribution in [0.15, 0.2) is 24.4 Å². The van der Waals surface area contributed by atoms with E-state index in [1.54, 1.807) is 0 Å². The number of benzene rings is 1. The van der Waals surface area contributed by atoms with Crippen LogP contribution in [0.25, 0.3) is 11.1 Å². The van der Waals surface area contributed by atoms with E-state index in [-0.39, 0.29) is 0 Å². The lowest BCUT2D eigenvalue weighted by Crippen LogP contribution is -1.91. The highest BCUT2D eigenvalue weighted by Gasteiger charge is 2.08. The minimum atomic E-state index is 0.839. The molecular weight excluding hydrogens is 198 g/mol. The van der Waals surface area contributed by atoms with E-state index in [2.05, 4.69) is 30.4 Å². The van der Waals surface area contributed by atoms with E-state index in [0.717, 1.165) is 23.4 Å². The number of hydrogen-bond donors (Lipinski definition) is 1. The summed E-state index contributed by atoms with van der Waals surface area (Å²) in [5, 5.41) is 4.44. The maximum Gasteiger partial charge on any atom is 0.0700 e. The van der Waals surface area contributed by atoms with Crippen LogP contribution >= 0.6 is 0 Å². The summed E-state index contributed by atoms with van der Waals surface area (Å²) in [6.07, 6.45) is 3.00. The Labute approximate surface area is 95.9 Å². The maximum atomic E-state index is 5.82. The van der Waals surface area contributed by atoms with Crippen molar-refractivity contribution in [2.24, 2.45) is 7.05 Å². The average Bonchev–Trinajstić information content (AvgIpc) is 2.63. The summed E-state index contributed by atoms with van der Waals surface area (Å²) in [6.45, 7) is 4.15. The third kappa shape index (κ3) is 1.81. The van der Waals surface area contributed by atoms with Gasteiger partial charge in [0.1, 0.15) is 0 Å². The van der Waals surface area contributed by atoms with Crippen LogP contribution in [0.3, 0.4) is 0 Å². The second-order valence-corrected chi connectivity index (χ2v) is 4.09. The number of aromatic nitrogens is 2. The molecule has 1 heterocycles. The van der Waals surface area contributed by atoms with Crippen LogP contribution in [0.2, 0.25) is 0 Å². The van der Waals surface area contributed by atoms with Gasteiger partial charge in [0.2, 0.25) is 0 Å². The Balaban J connectivity index is 2.53. The summed E-state index contributed by atoms with van der Waals surface area (Å²) in [5.74, 6) is 0. The Morgan fingerprint density at radius 2 is 2.12 bits per heavy atom. The van der Waals surface area contributed by atoms with E-state index >= 15 is 0 Å². The molecule has 0 fully saturated rings. The van der Waals surface area contributed by atoms with Crippen molar-refractivity contribution in [2.45, 2.75) is 20.3 Å². The van der Waals surface area contributed by atoms with E-state index < -0.39 is 0 Å². The van der Waals surface area contributed by atoms with Crippen LogP contribution in [0.5, 0.6) is 0 Å². The number of nitrogens with two attached hydrogens (primary N) is 1. The zero-order valence-electron chi connectivity index (χ0n) is 9.99. The molecule has 3 heteroatoms. The number of nitrogens with zero attached hydrogens (tertiary/aromatic N) is 2. The van der Waals surface area contributed by atoms with E-state index in [4.69, 9.17) is 5.73 Å². The molecule has 1 aromatic carbocycles. The normalized spacial score (nSPS) is 10.7. The van der Waals surface area contributed by atoms with Crippen molar-refractivity contribution in [1.82, 2.24) is 9.78 Å². The summed E-state index contributed by atoms with van der Waals surface area (Å²) in [7, 11) is 1.95. The van der Waals surface area contributed by atoms with Gasteiger partial charge in [-0.25, -0.2) is 0 Å². The molecule has 2 N–H and O–H groups in total. The Morgan fingerprint density at radius 3 is 2.75 bits per heavy atom. The minimum Gasteiger partial charge on any atom is -0.399 e. The Bertz CT molecular complexity index is 512. The lowest BCUT2D eigenvalue weighted by Gasteiger charge is -2.04. The van der Waals surface area contributed by atoms with Gasteiger partial charge in [-0.3, -0.25) is 4.68 Å². The van der Waals surface area contributed by atoms with Gasteiger partial charge in [0.05, 0.1) is 5.69 Å². The molecule has 1 aromatic heterocycles. The molecule has 0 bridgehead atoms. The number of hydrogen-bond acceptors (Lipinski definition) is 2. The van der Waals surface area contributed by atoms with Crippen molar-refractivity contribution < 1.29 is 0 Å². The SMILES string of the molecule is CCc1nn(C)cc1-c1ccc(N)c(C)c1. The molecule has 0 aliphatic carbocycles. The number of rotatable bonds is 2. The van der Waals surface area contributed by atoms with Crippen LogP contribution < -0.4 is 5.73 Å². The molecule has 0 aliphatic rings. The van der Waals surface area contributed by atoms with Crippen molar-refractivity contribution >= 4 is 5.69 Å². The molecule has 2 rings (SSSR count). The maximum absolute atomic E-state index is 5.82. The van der Waals surface area contributed by atoms with E-state index in [1.807, 2.05) is 24.7 Å². The fourth-order valence-corrected chi connectivity index (χ4v) is 1.88. The zero-order valence-corrected chi connectivity index (χ0v) is 9.99. The Morgan fingerprint density at radius 1 is 1.38 bits per heavy atom. The molecule has 0 aliphatic heterocycles. The highest BCUT2D eigenvalue weighted by atomic mass is 15.2. The molecule has 16 heavy (non-hydrogen) atoms. The summed E-state index contributed by atoms with van der Waals surface area (Å²) in [6, 6.07) is 6.13. The van der Waals surface area contributed by atoms with Gasteiger partial charge >= 0.3 is 0 Å². The highest BCUT2D eigenvalue weighted by Crippen LogP contribution is 2.26. The van der Waals surface area contributed by atoms with Gasteiger partial charge in [-0.1, -0.05) is 13.0 Å². The van der Waals surface area contributed by atoms with E-state index in [1.165, 1.54) is 11.1 Å². The fourth-order valence-electron chi connectivity index (χ4n) is 1.88. The largest absolute Gasteiger partial charge is 0.399 e. The summed E-state index contributed by atoms with van der Waals surface area (Å²) in [4.78, 5) is 0. The number of aryl methyl sites for hydroxylation is 3. The van der Waals surface area contributed by atoms with Crippen LogP contribution in [0.1, 0.15) is 18.2 Å². The van der Waals surface area contributed by atoms with Gasteiger partial charge in [0, 0.05) is 24.5 Å². The molecule has 0 atom stereocenters. The third-order valence-corrected chi connectivity index (χ3v) is 2.82. The third-order valence-electron chi connectivity index (χ3n) is 2.82. The first kappa shape index (κ1) is 10.7. The van der Waals surface area contributed by atoms with Crippen molar-refractivity contribution in [3.63, 3.8) is 0 Å². The van der Waals surface area contributed by atoms with E-state index in [0.29, 0.717) is 0 Å². The van der Waals surface area contributed by atoms with Gasteiger partial charge in [0.25, 0.3) is 0 Å². The van der Waals surface area contributed by atoms with Crippen LogP contribution in [0.4, 0.5) is 5.69 Å². The molecule has 0 spiro atoms. The summed E-state index contributed by atoms with van der Waals surface area (Å²) < 4.78 is 1.86. The molecule has 0 saturated heterocycles. The lowest BCUT2D eigenvalue weighted by atomic mass is 10.0. The number of anilines is 1. The molecule has 3 nitrogen and oxygen atoms in total.